The lowest BCUT2D eigenvalue weighted by molar-refractivity contribution is -0.115. The van der Waals surface area contributed by atoms with Crippen LogP contribution in [-0.4, -0.2) is 21.8 Å². The van der Waals surface area contributed by atoms with E-state index in [1.54, 1.807) is 0 Å². The van der Waals surface area contributed by atoms with Crippen LogP contribution in [0.15, 0.2) is 44.7 Å². The summed E-state index contributed by atoms with van der Waals surface area (Å²) in [5.74, 6) is 1.40. The van der Waals surface area contributed by atoms with Crippen molar-refractivity contribution in [1.29, 1.82) is 0 Å². The van der Waals surface area contributed by atoms with E-state index in [0.29, 0.717) is 6.42 Å². The van der Waals surface area contributed by atoms with Crippen molar-refractivity contribution in [2.45, 2.75) is 25.2 Å². The molecule has 0 radical (unpaired) electrons. The molecule has 3 aliphatic rings. The Morgan fingerprint density at radius 2 is 2.05 bits per heavy atom. The van der Waals surface area contributed by atoms with Gasteiger partial charge in [0.05, 0.1) is 0 Å². The third-order valence-corrected chi connectivity index (χ3v) is 5.80. The number of thioether (sulfide) groups is 1. The van der Waals surface area contributed by atoms with Gasteiger partial charge in [0.25, 0.3) is 0 Å². The molecule has 22 heavy (non-hydrogen) atoms. The van der Waals surface area contributed by atoms with Crippen molar-refractivity contribution in [1.82, 2.24) is 15.6 Å². The molecule has 1 unspecified atom stereocenters. The zero-order valence-electron chi connectivity index (χ0n) is 11.8. The van der Waals surface area contributed by atoms with Crippen LogP contribution in [0.5, 0.6) is 0 Å². The third kappa shape index (κ3) is 1.64. The number of hydrogen-bond acceptors (Lipinski definition) is 6. The maximum absolute atomic E-state index is 12.4. The number of hydrogen-bond donors (Lipinski definition) is 1. The second kappa shape index (κ2) is 4.46. The quantitative estimate of drug-likeness (QED) is 0.873. The highest BCUT2D eigenvalue weighted by Gasteiger charge is 2.39. The van der Waals surface area contributed by atoms with Crippen molar-refractivity contribution >= 4 is 28.6 Å². The molecular formula is C16H13N3O2S. The van der Waals surface area contributed by atoms with E-state index in [9.17, 15) is 4.79 Å². The van der Waals surface area contributed by atoms with E-state index < -0.39 is 0 Å². The molecule has 5 rings (SSSR count). The highest BCUT2D eigenvalue weighted by atomic mass is 32.2. The van der Waals surface area contributed by atoms with Crippen LogP contribution < -0.4 is 5.32 Å². The molecule has 0 spiro atoms. The van der Waals surface area contributed by atoms with Crippen LogP contribution in [0.25, 0.3) is 11.0 Å². The van der Waals surface area contributed by atoms with Gasteiger partial charge in [0, 0.05) is 40.0 Å². The number of aromatic nitrogens is 2. The molecule has 0 amide bonds. The highest BCUT2D eigenvalue weighted by Crippen LogP contribution is 2.50. The van der Waals surface area contributed by atoms with Gasteiger partial charge < -0.3 is 5.32 Å². The van der Waals surface area contributed by atoms with Crippen LogP contribution in [0.3, 0.4) is 0 Å². The van der Waals surface area contributed by atoms with Crippen molar-refractivity contribution in [3.8, 4) is 0 Å². The average molecular weight is 311 g/mol. The molecular weight excluding hydrogens is 298 g/mol. The fraction of sp³-hybridized carbons (Fsp3) is 0.312. The summed E-state index contributed by atoms with van der Waals surface area (Å²) in [5, 5.41) is 11.3. The lowest BCUT2D eigenvalue weighted by atomic mass is 9.86. The Hall–Kier alpha value is -2.08. The Morgan fingerprint density at radius 1 is 1.14 bits per heavy atom. The van der Waals surface area contributed by atoms with Gasteiger partial charge in [-0.1, -0.05) is 6.07 Å². The van der Waals surface area contributed by atoms with Gasteiger partial charge in [0.1, 0.15) is 11.0 Å². The molecule has 1 N–H and O–H groups in total. The minimum atomic E-state index is 0.0508. The molecule has 5 nitrogen and oxygen atoms in total. The van der Waals surface area contributed by atoms with Crippen molar-refractivity contribution < 1.29 is 9.42 Å². The zero-order valence-corrected chi connectivity index (χ0v) is 12.6. The van der Waals surface area contributed by atoms with Crippen LogP contribution in [0, 0.1) is 0 Å². The molecule has 1 aliphatic carbocycles. The minimum Gasteiger partial charge on any atom is -0.361 e. The average Bonchev–Trinajstić information content (AvgIpc) is 3.24. The Labute approximate surface area is 130 Å². The monoisotopic (exact) mass is 311 g/mol. The molecule has 6 heteroatoms. The lowest BCUT2D eigenvalue weighted by Gasteiger charge is -2.27. The first-order valence-electron chi connectivity index (χ1n) is 7.42. The van der Waals surface area contributed by atoms with Gasteiger partial charge in [-0.15, -0.1) is 11.8 Å². The van der Waals surface area contributed by atoms with Gasteiger partial charge in [0.2, 0.25) is 0 Å². The van der Waals surface area contributed by atoms with Gasteiger partial charge >= 0.3 is 0 Å². The summed E-state index contributed by atoms with van der Waals surface area (Å²) >= 11 is 1.86. The maximum Gasteiger partial charge on any atom is 0.161 e. The smallest absolute Gasteiger partial charge is 0.161 e. The normalized spacial score (nSPS) is 24.0. The van der Waals surface area contributed by atoms with E-state index >= 15 is 0 Å². The van der Waals surface area contributed by atoms with E-state index in [4.69, 9.17) is 4.63 Å². The van der Waals surface area contributed by atoms with Crippen LogP contribution in [0.2, 0.25) is 0 Å². The maximum atomic E-state index is 12.4. The fourth-order valence-electron chi connectivity index (χ4n) is 3.61. The summed E-state index contributed by atoms with van der Waals surface area (Å²) in [6.45, 7) is 0. The molecule has 3 heterocycles. The first kappa shape index (κ1) is 12.5. The first-order valence-corrected chi connectivity index (χ1v) is 8.41. The van der Waals surface area contributed by atoms with Crippen molar-refractivity contribution in [3.05, 3.63) is 45.6 Å². The first-order chi connectivity index (χ1) is 10.8. The minimum absolute atomic E-state index is 0.0508. The predicted molar refractivity (Wildman–Crippen MR) is 83.0 cm³/mol. The number of dihydropyridines is 1. The topological polar surface area (TPSA) is 68.0 Å². The van der Waals surface area contributed by atoms with Crippen molar-refractivity contribution in [2.75, 3.05) is 5.75 Å². The summed E-state index contributed by atoms with van der Waals surface area (Å²) in [6.07, 6.45) is 2.50. The number of carbonyl (C=O) groups excluding carboxylic acids is 1. The van der Waals surface area contributed by atoms with E-state index in [1.807, 2.05) is 30.0 Å². The summed E-state index contributed by atoms with van der Waals surface area (Å²) in [5.41, 5.74) is 5.96. The SMILES string of the molecule is O=C1CCC2=C1C(c1ccc3nonc3c1)C1=C(CCS1)N2. The molecule has 110 valence electrons. The summed E-state index contributed by atoms with van der Waals surface area (Å²) in [7, 11) is 0. The second-order valence-electron chi connectivity index (χ2n) is 5.83. The molecule has 2 aliphatic heterocycles. The van der Waals surface area contributed by atoms with Gasteiger partial charge in [-0.2, -0.15) is 0 Å². The largest absolute Gasteiger partial charge is 0.361 e. The predicted octanol–water partition coefficient (Wildman–Crippen LogP) is 2.88. The summed E-state index contributed by atoms with van der Waals surface area (Å²) in [4.78, 5) is 13.7. The Bertz CT molecular complexity index is 880. The number of rotatable bonds is 1. The molecule has 0 bridgehead atoms. The van der Waals surface area contributed by atoms with Crippen LogP contribution in [0.4, 0.5) is 0 Å². The van der Waals surface area contributed by atoms with E-state index in [2.05, 4.69) is 15.6 Å². The fourth-order valence-corrected chi connectivity index (χ4v) is 4.88. The van der Waals surface area contributed by atoms with E-state index in [-0.39, 0.29) is 11.7 Å². The van der Waals surface area contributed by atoms with Crippen LogP contribution in [-0.2, 0) is 4.79 Å². The Kier molecular flexibility index (Phi) is 2.52. The Balaban J connectivity index is 1.71. The van der Waals surface area contributed by atoms with Gasteiger partial charge in [0.15, 0.2) is 5.78 Å². The van der Waals surface area contributed by atoms with Crippen LogP contribution in [0.1, 0.15) is 30.7 Å². The number of nitrogens with one attached hydrogen (secondary N) is 1. The molecule has 0 saturated heterocycles. The van der Waals surface area contributed by atoms with Gasteiger partial charge in [-0.3, -0.25) is 4.79 Å². The summed E-state index contributed by atoms with van der Waals surface area (Å²) in [6, 6.07) is 5.96. The number of Topliss-reactive ketones (excluding diaryl/α,β-unsaturated/α-hetero) is 1. The molecule has 1 aromatic heterocycles. The summed E-state index contributed by atoms with van der Waals surface area (Å²) < 4.78 is 4.79. The highest BCUT2D eigenvalue weighted by molar-refractivity contribution is 8.03. The standard InChI is InChI=1S/C16H13N3O2S/c20-13-4-3-10-15(13)14(16-11(17-10)5-6-22-16)8-1-2-9-12(7-8)19-21-18-9/h1-2,7,14,17H,3-6H2. The van der Waals surface area contributed by atoms with Gasteiger partial charge in [-0.05, 0) is 40.9 Å². The molecule has 1 atom stereocenters. The number of benzene rings is 1. The molecule has 2 aromatic rings. The number of carbonyl (C=O) groups is 1. The van der Waals surface area contributed by atoms with Crippen LogP contribution >= 0.6 is 11.8 Å². The number of nitrogens with zero attached hydrogens (tertiary/aromatic N) is 2. The molecule has 1 aromatic carbocycles. The van der Waals surface area contributed by atoms with Crippen molar-refractivity contribution in [3.63, 3.8) is 0 Å². The number of fused-ring (bicyclic) bond motifs is 1. The zero-order chi connectivity index (χ0) is 14.7. The lowest BCUT2D eigenvalue weighted by Crippen LogP contribution is -2.23. The van der Waals surface area contributed by atoms with Crippen molar-refractivity contribution in [2.24, 2.45) is 0 Å². The number of ketones is 1. The molecule has 0 saturated carbocycles. The molecule has 0 fully saturated rings. The second-order valence-corrected chi connectivity index (χ2v) is 6.96. The van der Waals surface area contributed by atoms with E-state index in [0.717, 1.165) is 46.5 Å². The Morgan fingerprint density at radius 3 is 3.00 bits per heavy atom. The number of allylic oxidation sites excluding steroid dienone is 4. The third-order valence-electron chi connectivity index (χ3n) is 4.60. The van der Waals surface area contributed by atoms with Gasteiger partial charge in [-0.25, -0.2) is 4.63 Å². The van der Waals surface area contributed by atoms with E-state index in [1.165, 1.54) is 10.6 Å².